The quantitative estimate of drug-likeness (QED) is 0.806. The van der Waals surface area contributed by atoms with E-state index in [0.717, 1.165) is 5.56 Å². The van der Waals surface area contributed by atoms with E-state index >= 15 is 0 Å². The molecule has 1 saturated heterocycles. The second kappa shape index (κ2) is 6.70. The number of fused-ring (bicyclic) bond motifs is 1. The summed E-state index contributed by atoms with van der Waals surface area (Å²) < 4.78 is 38.5. The summed E-state index contributed by atoms with van der Waals surface area (Å²) in [7, 11) is -3.14. The van der Waals surface area contributed by atoms with Crippen LogP contribution in [0.15, 0.2) is 53.5 Å². The summed E-state index contributed by atoms with van der Waals surface area (Å²) in [6.07, 6.45) is 0. The van der Waals surface area contributed by atoms with Crippen LogP contribution in [-0.2, 0) is 15.6 Å². The summed E-state index contributed by atoms with van der Waals surface area (Å²) >= 11 is 1.53. The summed E-state index contributed by atoms with van der Waals surface area (Å²) in [5, 5.41) is 0.695. The van der Waals surface area contributed by atoms with Gasteiger partial charge >= 0.3 is 0 Å². The number of para-hydroxylation sites is 1. The van der Waals surface area contributed by atoms with Crippen LogP contribution in [0.5, 0.6) is 0 Å². The molecule has 0 radical (unpaired) electrons. The van der Waals surface area contributed by atoms with Crippen LogP contribution in [0.4, 0.5) is 10.1 Å². The van der Waals surface area contributed by atoms with E-state index in [1.54, 1.807) is 23.1 Å². The van der Waals surface area contributed by atoms with Crippen molar-refractivity contribution in [2.75, 3.05) is 16.4 Å². The minimum Gasteiger partial charge on any atom is -0.312 e. The zero-order chi connectivity index (χ0) is 18.3. The number of nitrogens with zero attached hydrogens (tertiary/aromatic N) is 2. The Morgan fingerprint density at radius 3 is 2.62 bits per heavy atom. The minimum atomic E-state index is -3.14. The van der Waals surface area contributed by atoms with E-state index < -0.39 is 9.84 Å². The van der Waals surface area contributed by atoms with Crippen molar-refractivity contribution < 1.29 is 12.8 Å². The maximum absolute atomic E-state index is 14.4. The fraction of sp³-hybridized carbons (Fsp3) is 0.316. The summed E-state index contributed by atoms with van der Waals surface area (Å²) in [5.41, 5.74) is 2.75. The molecule has 2 heterocycles. The molecule has 2 aromatic carbocycles. The lowest BCUT2D eigenvalue weighted by molar-refractivity contribution is 0.600. The molecule has 2 aromatic rings. The van der Waals surface area contributed by atoms with Crippen LogP contribution in [0.3, 0.4) is 0 Å². The number of hydrogen-bond acceptors (Lipinski definition) is 5. The highest BCUT2D eigenvalue weighted by molar-refractivity contribution is 8.13. The average Bonchev–Trinajstić information content (AvgIpc) is 3.06. The molecular formula is C19H19FN2O2S2. The number of amidine groups is 1. The minimum absolute atomic E-state index is 0.0179. The molecule has 0 saturated carbocycles. The Bertz CT molecular complexity index is 958. The third-order valence-corrected chi connectivity index (χ3v) is 7.44. The third kappa shape index (κ3) is 3.38. The number of aliphatic imine (C=N–C) groups is 1. The van der Waals surface area contributed by atoms with Gasteiger partial charge in [0.2, 0.25) is 0 Å². The van der Waals surface area contributed by atoms with Gasteiger partial charge in [0.1, 0.15) is 5.82 Å². The summed E-state index contributed by atoms with van der Waals surface area (Å²) in [6.45, 7) is 2.04. The molecule has 7 heteroatoms. The van der Waals surface area contributed by atoms with E-state index in [2.05, 4.69) is 29.3 Å². The molecule has 4 nitrogen and oxygen atoms in total. The van der Waals surface area contributed by atoms with Crippen molar-refractivity contribution in [2.45, 2.75) is 24.8 Å². The van der Waals surface area contributed by atoms with Crippen LogP contribution in [0.2, 0.25) is 0 Å². The van der Waals surface area contributed by atoms with Crippen molar-refractivity contribution in [2.24, 2.45) is 4.99 Å². The van der Waals surface area contributed by atoms with Crippen molar-refractivity contribution in [3.05, 3.63) is 65.5 Å². The Morgan fingerprint density at radius 1 is 1.15 bits per heavy atom. The van der Waals surface area contributed by atoms with E-state index in [1.165, 1.54) is 23.4 Å². The maximum atomic E-state index is 14.4. The van der Waals surface area contributed by atoms with Gasteiger partial charge in [-0.1, -0.05) is 53.7 Å². The van der Waals surface area contributed by atoms with Crippen LogP contribution in [0.25, 0.3) is 0 Å². The fourth-order valence-corrected chi connectivity index (χ4v) is 6.31. The largest absolute Gasteiger partial charge is 0.312 e. The Balaban J connectivity index is 1.63. The van der Waals surface area contributed by atoms with Crippen molar-refractivity contribution in [1.82, 2.24) is 0 Å². The summed E-state index contributed by atoms with van der Waals surface area (Å²) in [4.78, 5) is 6.42. The summed E-state index contributed by atoms with van der Waals surface area (Å²) in [6, 6.07) is 14.1. The number of sulfone groups is 1. The van der Waals surface area contributed by atoms with Crippen LogP contribution >= 0.6 is 11.8 Å². The number of benzene rings is 2. The lowest BCUT2D eigenvalue weighted by atomic mass is 10.1. The van der Waals surface area contributed by atoms with Gasteiger partial charge in [0.05, 0.1) is 29.3 Å². The molecular weight excluding hydrogens is 371 g/mol. The molecule has 0 bridgehead atoms. The number of hydrogen-bond donors (Lipinski definition) is 0. The van der Waals surface area contributed by atoms with Crippen LogP contribution < -0.4 is 4.90 Å². The zero-order valence-corrected chi connectivity index (χ0v) is 15.9. The number of anilines is 1. The smallest absolute Gasteiger partial charge is 0.164 e. The predicted molar refractivity (Wildman–Crippen MR) is 105 cm³/mol. The molecule has 26 heavy (non-hydrogen) atoms. The van der Waals surface area contributed by atoms with E-state index in [9.17, 15) is 12.8 Å². The van der Waals surface area contributed by atoms with Crippen LogP contribution in [-0.4, -0.2) is 37.2 Å². The molecule has 2 atom stereocenters. The van der Waals surface area contributed by atoms with Gasteiger partial charge < -0.3 is 4.90 Å². The van der Waals surface area contributed by atoms with E-state index in [4.69, 9.17) is 0 Å². The number of thioether (sulfide) groups is 1. The van der Waals surface area contributed by atoms with Crippen LogP contribution in [0.1, 0.15) is 11.1 Å². The number of halogens is 1. The Morgan fingerprint density at radius 2 is 1.88 bits per heavy atom. The van der Waals surface area contributed by atoms with Gasteiger partial charge in [-0.25, -0.2) is 12.8 Å². The third-order valence-electron chi connectivity index (χ3n) is 4.71. The standard InChI is InChI=1S/C19H19FN2O2S2/c1-13-6-8-14(9-7-13)10-25-19-21-16-11-26(23,24)12-18(16)22(19)17-5-3-2-4-15(17)20/h2-9,16,18H,10-12H2,1H3/t16-,18-/m1/s1. The predicted octanol–water partition coefficient (Wildman–Crippen LogP) is 3.41. The lowest BCUT2D eigenvalue weighted by Crippen LogP contribution is -2.39. The molecule has 2 aliphatic rings. The number of rotatable bonds is 3. The molecule has 0 aliphatic carbocycles. The van der Waals surface area contributed by atoms with Crippen molar-refractivity contribution >= 4 is 32.5 Å². The van der Waals surface area contributed by atoms with E-state index in [-0.39, 0.29) is 29.4 Å². The highest BCUT2D eigenvalue weighted by Crippen LogP contribution is 2.36. The van der Waals surface area contributed by atoms with Gasteiger partial charge in [-0.2, -0.15) is 0 Å². The first-order valence-electron chi connectivity index (χ1n) is 8.43. The first-order valence-corrected chi connectivity index (χ1v) is 11.2. The highest BCUT2D eigenvalue weighted by atomic mass is 32.2. The first kappa shape index (κ1) is 17.5. The Hall–Kier alpha value is -1.86. The Kier molecular flexibility index (Phi) is 4.52. The molecule has 136 valence electrons. The van der Waals surface area contributed by atoms with Gasteiger partial charge in [-0.15, -0.1) is 0 Å². The SMILES string of the molecule is Cc1ccc(CSC2=N[C@@H]3CS(=O)(=O)C[C@H]3N2c2ccccc2F)cc1. The van der Waals surface area contributed by atoms with Crippen LogP contribution in [0, 0.1) is 12.7 Å². The molecule has 0 unspecified atom stereocenters. The lowest BCUT2D eigenvalue weighted by Gasteiger charge is -2.26. The molecule has 2 aliphatic heterocycles. The molecule has 0 N–H and O–H groups in total. The fourth-order valence-electron chi connectivity index (χ4n) is 3.39. The normalized spacial score (nSPS) is 23.8. The molecule has 4 rings (SSSR count). The topological polar surface area (TPSA) is 49.7 Å². The highest BCUT2D eigenvalue weighted by Gasteiger charge is 2.47. The van der Waals surface area contributed by atoms with Crippen molar-refractivity contribution in [1.29, 1.82) is 0 Å². The second-order valence-electron chi connectivity index (χ2n) is 6.72. The first-order chi connectivity index (χ1) is 12.4. The molecule has 0 aromatic heterocycles. The number of aryl methyl sites for hydroxylation is 1. The van der Waals surface area contributed by atoms with Gasteiger partial charge in [-0.3, -0.25) is 4.99 Å². The molecule has 0 spiro atoms. The van der Waals surface area contributed by atoms with Gasteiger partial charge in [0.15, 0.2) is 15.0 Å². The monoisotopic (exact) mass is 390 g/mol. The maximum Gasteiger partial charge on any atom is 0.164 e. The van der Waals surface area contributed by atoms with Crippen molar-refractivity contribution in [3.63, 3.8) is 0 Å². The van der Waals surface area contributed by atoms with Gasteiger partial charge in [-0.05, 0) is 24.6 Å². The average molecular weight is 391 g/mol. The van der Waals surface area contributed by atoms with Gasteiger partial charge in [0, 0.05) is 5.75 Å². The van der Waals surface area contributed by atoms with Crippen molar-refractivity contribution in [3.8, 4) is 0 Å². The summed E-state index contributed by atoms with van der Waals surface area (Å²) in [5.74, 6) is 0.401. The second-order valence-corrected chi connectivity index (χ2v) is 9.82. The molecule has 1 fully saturated rings. The van der Waals surface area contributed by atoms with E-state index in [1.807, 2.05) is 6.92 Å². The molecule has 0 amide bonds. The van der Waals surface area contributed by atoms with Gasteiger partial charge in [0.25, 0.3) is 0 Å². The Labute approximate surface area is 157 Å². The van der Waals surface area contributed by atoms with E-state index in [0.29, 0.717) is 16.6 Å². The zero-order valence-electron chi connectivity index (χ0n) is 14.3.